The molecule has 0 aliphatic carbocycles. The third-order valence-corrected chi connectivity index (χ3v) is 5.96. The summed E-state index contributed by atoms with van der Waals surface area (Å²) >= 11 is 0. The average molecular weight is 463 g/mol. The SMILES string of the molecule is CC.COc1ccc2c(C#N)c(-c3cccc(C(=O)NCCCN4CCOCC4)c3)n(C)c2c1. The van der Waals surface area contributed by atoms with E-state index in [1.54, 1.807) is 13.2 Å². The van der Waals surface area contributed by atoms with Crippen LogP contribution in [-0.2, 0) is 11.8 Å². The number of morpholine rings is 1. The predicted molar refractivity (Wildman–Crippen MR) is 135 cm³/mol. The van der Waals surface area contributed by atoms with Gasteiger partial charge in [-0.2, -0.15) is 5.26 Å². The molecule has 180 valence electrons. The van der Waals surface area contributed by atoms with Crippen LogP contribution in [0, 0.1) is 11.3 Å². The van der Waals surface area contributed by atoms with Crippen molar-refractivity contribution in [1.29, 1.82) is 5.26 Å². The number of aryl methyl sites for hydroxylation is 1. The summed E-state index contributed by atoms with van der Waals surface area (Å²) in [5.74, 6) is 0.632. The molecule has 1 saturated heterocycles. The number of nitrogens with zero attached hydrogens (tertiary/aromatic N) is 3. The highest BCUT2D eigenvalue weighted by molar-refractivity contribution is 5.98. The molecule has 1 fully saturated rings. The molecule has 1 N–H and O–H groups in total. The number of methoxy groups -OCH3 is 1. The van der Waals surface area contributed by atoms with Gasteiger partial charge < -0.3 is 19.4 Å². The summed E-state index contributed by atoms with van der Waals surface area (Å²) < 4.78 is 12.7. The Bertz CT molecular complexity index is 1160. The molecule has 1 amide bonds. The molecule has 0 radical (unpaired) electrons. The number of nitrogens with one attached hydrogen (secondary N) is 1. The molecule has 0 saturated carbocycles. The fourth-order valence-electron chi connectivity index (χ4n) is 4.23. The highest BCUT2D eigenvalue weighted by Gasteiger charge is 2.18. The number of hydrogen-bond acceptors (Lipinski definition) is 5. The molecular weight excluding hydrogens is 428 g/mol. The average Bonchev–Trinajstić information content (AvgIpc) is 3.19. The van der Waals surface area contributed by atoms with Crippen molar-refractivity contribution < 1.29 is 14.3 Å². The number of carbonyl (C=O) groups is 1. The normalized spacial score (nSPS) is 13.6. The van der Waals surface area contributed by atoms with Crippen LogP contribution >= 0.6 is 0 Å². The van der Waals surface area contributed by atoms with E-state index in [0.29, 0.717) is 17.7 Å². The summed E-state index contributed by atoms with van der Waals surface area (Å²) in [6.07, 6.45) is 0.898. The molecule has 0 bridgehead atoms. The molecule has 0 atom stereocenters. The Balaban J connectivity index is 0.00000158. The highest BCUT2D eigenvalue weighted by Crippen LogP contribution is 2.34. The van der Waals surface area contributed by atoms with Gasteiger partial charge in [0.15, 0.2) is 0 Å². The summed E-state index contributed by atoms with van der Waals surface area (Å²) in [7, 11) is 3.55. The highest BCUT2D eigenvalue weighted by atomic mass is 16.5. The number of benzene rings is 2. The smallest absolute Gasteiger partial charge is 0.251 e. The minimum Gasteiger partial charge on any atom is -0.497 e. The van der Waals surface area contributed by atoms with E-state index in [0.717, 1.165) is 67.2 Å². The van der Waals surface area contributed by atoms with Crippen LogP contribution in [0.1, 0.15) is 36.2 Å². The minimum atomic E-state index is -0.104. The van der Waals surface area contributed by atoms with Crippen LogP contribution in [0.3, 0.4) is 0 Å². The maximum absolute atomic E-state index is 12.7. The van der Waals surface area contributed by atoms with Gasteiger partial charge in [-0.15, -0.1) is 0 Å². The summed E-state index contributed by atoms with van der Waals surface area (Å²) in [6.45, 7) is 9.05. The van der Waals surface area contributed by atoms with Crippen molar-refractivity contribution in [2.24, 2.45) is 7.05 Å². The number of rotatable bonds is 7. The van der Waals surface area contributed by atoms with Crippen molar-refractivity contribution in [2.45, 2.75) is 20.3 Å². The molecule has 1 aliphatic heterocycles. The second-order valence-electron chi connectivity index (χ2n) is 7.92. The van der Waals surface area contributed by atoms with E-state index in [1.807, 2.05) is 61.9 Å². The van der Waals surface area contributed by atoms with Gasteiger partial charge in [0.25, 0.3) is 5.91 Å². The van der Waals surface area contributed by atoms with Gasteiger partial charge in [0.1, 0.15) is 11.8 Å². The molecule has 7 nitrogen and oxygen atoms in total. The van der Waals surface area contributed by atoms with Crippen LogP contribution in [0.15, 0.2) is 42.5 Å². The Labute approximate surface area is 201 Å². The maximum Gasteiger partial charge on any atom is 0.251 e. The number of fused-ring (bicyclic) bond motifs is 1. The Kier molecular flexibility index (Phi) is 9.08. The van der Waals surface area contributed by atoms with Crippen molar-refractivity contribution in [3.63, 3.8) is 0 Å². The lowest BCUT2D eigenvalue weighted by atomic mass is 10.0. The number of hydrogen-bond donors (Lipinski definition) is 1. The van der Waals surface area contributed by atoms with Crippen molar-refractivity contribution in [2.75, 3.05) is 46.5 Å². The lowest BCUT2D eigenvalue weighted by Crippen LogP contribution is -2.38. The van der Waals surface area contributed by atoms with E-state index in [-0.39, 0.29) is 5.91 Å². The van der Waals surface area contributed by atoms with E-state index in [4.69, 9.17) is 9.47 Å². The monoisotopic (exact) mass is 462 g/mol. The van der Waals surface area contributed by atoms with E-state index < -0.39 is 0 Å². The van der Waals surface area contributed by atoms with Crippen molar-refractivity contribution >= 4 is 16.8 Å². The predicted octanol–water partition coefficient (Wildman–Crippen LogP) is 4.20. The number of amides is 1. The van der Waals surface area contributed by atoms with Gasteiger partial charge in [0, 0.05) is 49.3 Å². The summed E-state index contributed by atoms with van der Waals surface area (Å²) in [5.41, 5.74) is 3.71. The first kappa shape index (κ1) is 25.3. The van der Waals surface area contributed by atoms with Crippen molar-refractivity contribution in [3.8, 4) is 23.1 Å². The summed E-state index contributed by atoms with van der Waals surface area (Å²) in [6, 6.07) is 15.5. The maximum atomic E-state index is 12.7. The second kappa shape index (κ2) is 12.2. The van der Waals surface area contributed by atoms with Crippen molar-refractivity contribution in [1.82, 2.24) is 14.8 Å². The third-order valence-electron chi connectivity index (χ3n) is 5.96. The molecule has 4 rings (SSSR count). The van der Waals surface area contributed by atoms with Gasteiger partial charge in [-0.05, 0) is 37.2 Å². The molecule has 1 aromatic heterocycles. The van der Waals surface area contributed by atoms with Crippen LogP contribution in [0.2, 0.25) is 0 Å². The quantitative estimate of drug-likeness (QED) is 0.532. The zero-order valence-corrected chi connectivity index (χ0v) is 20.6. The Morgan fingerprint density at radius 3 is 2.65 bits per heavy atom. The first-order valence-electron chi connectivity index (χ1n) is 11.9. The third kappa shape index (κ3) is 5.58. The van der Waals surface area contributed by atoms with Gasteiger partial charge in [-0.25, -0.2) is 0 Å². The van der Waals surface area contributed by atoms with E-state index >= 15 is 0 Å². The fourth-order valence-corrected chi connectivity index (χ4v) is 4.23. The zero-order valence-electron chi connectivity index (χ0n) is 20.6. The zero-order chi connectivity index (χ0) is 24.5. The summed E-state index contributed by atoms with van der Waals surface area (Å²) in [4.78, 5) is 15.1. The Hall–Kier alpha value is -3.34. The molecule has 0 spiro atoms. The molecule has 0 unspecified atom stereocenters. The first-order valence-corrected chi connectivity index (χ1v) is 11.9. The minimum absolute atomic E-state index is 0.104. The first-order chi connectivity index (χ1) is 16.6. The van der Waals surface area contributed by atoms with Gasteiger partial charge in [-0.3, -0.25) is 9.69 Å². The molecule has 7 heteroatoms. The molecule has 2 aromatic carbocycles. The van der Waals surface area contributed by atoms with Crippen LogP contribution in [0.5, 0.6) is 5.75 Å². The number of ether oxygens (including phenoxy) is 2. The van der Waals surface area contributed by atoms with E-state index in [2.05, 4.69) is 16.3 Å². The number of nitriles is 1. The van der Waals surface area contributed by atoms with Crippen LogP contribution < -0.4 is 10.1 Å². The molecule has 2 heterocycles. The molecule has 34 heavy (non-hydrogen) atoms. The van der Waals surface area contributed by atoms with Gasteiger partial charge in [-0.1, -0.05) is 26.0 Å². The molecule has 1 aliphatic rings. The fraction of sp³-hybridized carbons (Fsp3) is 0.407. The Morgan fingerprint density at radius 1 is 1.18 bits per heavy atom. The second-order valence-corrected chi connectivity index (χ2v) is 7.92. The number of aromatic nitrogens is 1. The van der Waals surface area contributed by atoms with Crippen LogP contribution in [-0.4, -0.2) is 61.9 Å². The van der Waals surface area contributed by atoms with Crippen LogP contribution in [0.25, 0.3) is 22.2 Å². The van der Waals surface area contributed by atoms with Gasteiger partial charge in [0.2, 0.25) is 0 Å². The summed E-state index contributed by atoms with van der Waals surface area (Å²) in [5, 5.41) is 13.7. The Morgan fingerprint density at radius 2 is 1.94 bits per heavy atom. The van der Waals surface area contributed by atoms with Gasteiger partial charge >= 0.3 is 0 Å². The molecular formula is C27H34N4O3. The van der Waals surface area contributed by atoms with Crippen LogP contribution in [0.4, 0.5) is 0 Å². The van der Waals surface area contributed by atoms with Crippen molar-refractivity contribution in [3.05, 3.63) is 53.6 Å². The standard InChI is InChI=1S/C25H28N4O3.C2H6/c1-28-23-16-20(31-2)7-8-21(23)22(17-26)24(28)18-5-3-6-19(15-18)25(30)27-9-4-10-29-11-13-32-14-12-29;1-2/h3,5-8,15-16H,4,9-14H2,1-2H3,(H,27,30);1-2H3. The topological polar surface area (TPSA) is 79.5 Å². The van der Waals surface area contributed by atoms with E-state index in [1.165, 1.54) is 0 Å². The lowest BCUT2D eigenvalue weighted by Gasteiger charge is -2.26. The number of carbonyl (C=O) groups excluding carboxylic acids is 1. The molecule has 3 aromatic rings. The lowest BCUT2D eigenvalue weighted by molar-refractivity contribution is 0.0374. The van der Waals surface area contributed by atoms with E-state index in [9.17, 15) is 10.1 Å². The largest absolute Gasteiger partial charge is 0.497 e. The van der Waals surface area contributed by atoms with Gasteiger partial charge in [0.05, 0.1) is 37.1 Å².